The van der Waals surface area contributed by atoms with Gasteiger partial charge in [-0.15, -0.1) is 0 Å². The number of piperazine rings is 1. The fraction of sp³-hybridized carbons (Fsp3) is 0.917. The van der Waals surface area contributed by atoms with E-state index in [0.29, 0.717) is 0 Å². The van der Waals surface area contributed by atoms with Crippen molar-refractivity contribution < 1.29 is 4.79 Å². The lowest BCUT2D eigenvalue weighted by Gasteiger charge is -2.31. The lowest BCUT2D eigenvalue weighted by molar-refractivity contribution is -0.135. The highest BCUT2D eigenvalue weighted by Crippen LogP contribution is 2.07. The van der Waals surface area contributed by atoms with Crippen LogP contribution in [0.4, 0.5) is 0 Å². The number of amides is 1. The summed E-state index contributed by atoms with van der Waals surface area (Å²) in [4.78, 5) is 16.3. The first-order valence-electron chi connectivity index (χ1n) is 6.22. The van der Waals surface area contributed by atoms with Crippen LogP contribution in [0, 0.1) is 5.92 Å². The van der Waals surface area contributed by atoms with Gasteiger partial charge in [0.2, 0.25) is 5.91 Å². The van der Waals surface area contributed by atoms with E-state index in [1.54, 1.807) is 0 Å². The lowest BCUT2D eigenvalue weighted by atomic mass is 10.1. The fourth-order valence-electron chi connectivity index (χ4n) is 1.96. The van der Waals surface area contributed by atoms with Crippen molar-refractivity contribution in [3.8, 4) is 0 Å². The molecule has 0 aromatic carbocycles. The van der Waals surface area contributed by atoms with Crippen LogP contribution in [0.1, 0.15) is 20.8 Å². The molecular weight excluding hydrogens is 202 g/mol. The highest BCUT2D eigenvalue weighted by molar-refractivity contribution is 5.78. The minimum Gasteiger partial charge on any atom is -0.343 e. The van der Waals surface area contributed by atoms with E-state index in [4.69, 9.17) is 0 Å². The van der Waals surface area contributed by atoms with Crippen molar-refractivity contribution in [3.63, 3.8) is 0 Å². The molecule has 1 aliphatic heterocycles. The van der Waals surface area contributed by atoms with Gasteiger partial charge in [0.05, 0.1) is 0 Å². The third-order valence-electron chi connectivity index (χ3n) is 3.29. The molecule has 0 aliphatic carbocycles. The Hall–Kier alpha value is -0.610. The van der Waals surface area contributed by atoms with Crippen molar-refractivity contribution >= 4 is 5.91 Å². The summed E-state index contributed by atoms with van der Waals surface area (Å²) in [6.45, 7) is 11.2. The summed E-state index contributed by atoms with van der Waals surface area (Å²) in [6, 6.07) is 0.290. The Morgan fingerprint density at radius 1 is 1.31 bits per heavy atom. The molecule has 1 heterocycles. The van der Waals surface area contributed by atoms with Crippen LogP contribution >= 0.6 is 0 Å². The number of hydrogen-bond acceptors (Lipinski definition) is 3. The van der Waals surface area contributed by atoms with E-state index >= 15 is 0 Å². The van der Waals surface area contributed by atoms with Crippen LogP contribution in [0.15, 0.2) is 0 Å². The molecule has 1 unspecified atom stereocenters. The Morgan fingerprint density at radius 2 is 1.88 bits per heavy atom. The zero-order valence-electron chi connectivity index (χ0n) is 11.0. The van der Waals surface area contributed by atoms with Crippen LogP contribution in [-0.2, 0) is 4.79 Å². The lowest BCUT2D eigenvalue weighted by Crippen LogP contribution is -2.47. The van der Waals surface area contributed by atoms with Crippen LogP contribution in [0.3, 0.4) is 0 Å². The zero-order chi connectivity index (χ0) is 12.1. The molecule has 0 radical (unpaired) electrons. The molecule has 16 heavy (non-hydrogen) atoms. The van der Waals surface area contributed by atoms with Crippen LogP contribution in [-0.4, -0.2) is 61.5 Å². The van der Waals surface area contributed by atoms with Gasteiger partial charge in [0, 0.05) is 51.7 Å². The highest BCUT2D eigenvalue weighted by Gasteiger charge is 2.22. The molecule has 0 aromatic rings. The summed E-state index contributed by atoms with van der Waals surface area (Å²) in [5.41, 5.74) is 0. The highest BCUT2D eigenvalue weighted by atomic mass is 16.2. The van der Waals surface area contributed by atoms with E-state index in [0.717, 1.165) is 32.7 Å². The Kier molecular flexibility index (Phi) is 5.22. The SMILES string of the molecule is CC(CN1CCNCC1)C(=O)N(C)C(C)C. The third kappa shape index (κ3) is 3.76. The van der Waals surface area contributed by atoms with Gasteiger partial charge in [-0.1, -0.05) is 6.92 Å². The van der Waals surface area contributed by atoms with Gasteiger partial charge in [0.1, 0.15) is 0 Å². The number of nitrogens with zero attached hydrogens (tertiary/aromatic N) is 2. The number of carbonyl (C=O) groups excluding carboxylic acids is 1. The average molecular weight is 227 g/mol. The first kappa shape index (κ1) is 13.5. The van der Waals surface area contributed by atoms with Crippen LogP contribution in [0.2, 0.25) is 0 Å². The first-order chi connectivity index (χ1) is 7.52. The van der Waals surface area contributed by atoms with Gasteiger partial charge in [-0.2, -0.15) is 0 Å². The van der Waals surface area contributed by atoms with Gasteiger partial charge < -0.3 is 15.1 Å². The maximum atomic E-state index is 12.0. The molecular formula is C12H25N3O. The summed E-state index contributed by atoms with van der Waals surface area (Å²) in [5, 5.41) is 3.32. The number of carbonyl (C=O) groups is 1. The normalized spacial score (nSPS) is 19.8. The van der Waals surface area contributed by atoms with E-state index in [2.05, 4.69) is 24.1 Å². The summed E-state index contributed by atoms with van der Waals surface area (Å²) < 4.78 is 0. The van der Waals surface area contributed by atoms with E-state index in [-0.39, 0.29) is 17.9 Å². The summed E-state index contributed by atoms with van der Waals surface area (Å²) in [5.74, 6) is 0.360. The molecule has 1 amide bonds. The second kappa shape index (κ2) is 6.21. The Bertz CT molecular complexity index is 224. The van der Waals surface area contributed by atoms with Gasteiger partial charge in [-0.3, -0.25) is 4.79 Å². The van der Waals surface area contributed by atoms with Crippen molar-refractivity contribution in [2.24, 2.45) is 5.92 Å². The molecule has 1 saturated heterocycles. The number of rotatable bonds is 4. The van der Waals surface area contributed by atoms with Gasteiger partial charge >= 0.3 is 0 Å². The molecule has 0 aromatic heterocycles. The van der Waals surface area contributed by atoms with Crippen molar-refractivity contribution in [2.45, 2.75) is 26.8 Å². The standard InChI is InChI=1S/C12H25N3O/c1-10(2)14(4)12(16)11(3)9-15-7-5-13-6-8-15/h10-11,13H,5-9H2,1-4H3. The Morgan fingerprint density at radius 3 is 2.38 bits per heavy atom. The predicted molar refractivity (Wildman–Crippen MR) is 66.4 cm³/mol. The minimum atomic E-state index is 0.102. The molecule has 1 N–H and O–H groups in total. The maximum absolute atomic E-state index is 12.0. The van der Waals surface area contributed by atoms with Crippen LogP contribution < -0.4 is 5.32 Å². The van der Waals surface area contributed by atoms with E-state index in [9.17, 15) is 4.79 Å². The Balaban J connectivity index is 2.38. The zero-order valence-corrected chi connectivity index (χ0v) is 11.0. The molecule has 0 bridgehead atoms. The van der Waals surface area contributed by atoms with Crippen LogP contribution in [0.25, 0.3) is 0 Å². The summed E-state index contributed by atoms with van der Waals surface area (Å²) in [7, 11) is 1.89. The van der Waals surface area contributed by atoms with Gasteiger partial charge in [-0.05, 0) is 13.8 Å². The second-order valence-electron chi connectivity index (χ2n) is 4.99. The molecule has 1 rings (SSSR count). The van der Waals surface area contributed by atoms with Crippen LogP contribution in [0.5, 0.6) is 0 Å². The largest absolute Gasteiger partial charge is 0.343 e. The van der Waals surface area contributed by atoms with Crippen molar-refractivity contribution in [1.82, 2.24) is 15.1 Å². The second-order valence-corrected chi connectivity index (χ2v) is 4.99. The number of nitrogens with one attached hydrogen (secondary N) is 1. The summed E-state index contributed by atoms with van der Waals surface area (Å²) in [6.07, 6.45) is 0. The van der Waals surface area contributed by atoms with Gasteiger partial charge in [0.25, 0.3) is 0 Å². The molecule has 1 fully saturated rings. The molecule has 4 heteroatoms. The van der Waals surface area contributed by atoms with Crippen molar-refractivity contribution in [2.75, 3.05) is 39.8 Å². The van der Waals surface area contributed by atoms with Gasteiger partial charge in [0.15, 0.2) is 0 Å². The smallest absolute Gasteiger partial charge is 0.226 e. The quantitative estimate of drug-likeness (QED) is 0.755. The monoisotopic (exact) mass is 227 g/mol. The maximum Gasteiger partial charge on any atom is 0.226 e. The van der Waals surface area contributed by atoms with Crippen molar-refractivity contribution in [1.29, 1.82) is 0 Å². The third-order valence-corrected chi connectivity index (χ3v) is 3.29. The molecule has 0 saturated carbocycles. The minimum absolute atomic E-state index is 0.102. The fourth-order valence-corrected chi connectivity index (χ4v) is 1.96. The first-order valence-corrected chi connectivity index (χ1v) is 6.22. The van der Waals surface area contributed by atoms with E-state index < -0.39 is 0 Å². The average Bonchev–Trinajstić information content (AvgIpc) is 2.28. The summed E-state index contributed by atoms with van der Waals surface area (Å²) >= 11 is 0. The molecule has 0 spiro atoms. The predicted octanol–water partition coefficient (Wildman–Crippen LogP) is 0.395. The van der Waals surface area contributed by atoms with Crippen molar-refractivity contribution in [3.05, 3.63) is 0 Å². The topological polar surface area (TPSA) is 35.6 Å². The Labute approximate surface area is 99.0 Å². The van der Waals surface area contributed by atoms with E-state index in [1.165, 1.54) is 0 Å². The van der Waals surface area contributed by atoms with Gasteiger partial charge in [-0.25, -0.2) is 0 Å². The molecule has 4 nitrogen and oxygen atoms in total. The molecule has 1 atom stereocenters. The molecule has 1 aliphatic rings. The van der Waals surface area contributed by atoms with E-state index in [1.807, 2.05) is 18.9 Å². The molecule has 94 valence electrons. The number of hydrogen-bond donors (Lipinski definition) is 1.